The maximum absolute atomic E-state index is 14.8. The summed E-state index contributed by atoms with van der Waals surface area (Å²) in [6.45, 7) is 3.50. The van der Waals surface area contributed by atoms with Crippen LogP contribution in [0, 0.1) is 11.6 Å². The fourth-order valence-electron chi connectivity index (χ4n) is 4.38. The second kappa shape index (κ2) is 8.86. The first kappa shape index (κ1) is 21.5. The highest BCUT2D eigenvalue weighted by Crippen LogP contribution is 2.32. The van der Waals surface area contributed by atoms with Gasteiger partial charge in [0.2, 0.25) is 0 Å². The number of anilines is 1. The van der Waals surface area contributed by atoms with E-state index in [0.717, 1.165) is 43.7 Å². The molecule has 0 radical (unpaired) electrons. The average molecular weight is 450 g/mol. The Morgan fingerprint density at radius 2 is 1.82 bits per heavy atom. The smallest absolute Gasteiger partial charge is 0.135 e. The van der Waals surface area contributed by atoms with Crippen molar-refractivity contribution in [3.63, 3.8) is 0 Å². The molecule has 0 aliphatic carbocycles. The van der Waals surface area contributed by atoms with Crippen molar-refractivity contribution in [1.82, 2.24) is 20.2 Å². The second-order valence-corrected chi connectivity index (χ2v) is 8.50. The van der Waals surface area contributed by atoms with Crippen LogP contribution in [0.5, 0.6) is 0 Å². The van der Waals surface area contributed by atoms with Gasteiger partial charge in [-0.15, -0.1) is 0 Å². The molecule has 4 heterocycles. The number of hydrogen-bond acceptors (Lipinski definition) is 5. The summed E-state index contributed by atoms with van der Waals surface area (Å²) in [5.74, 6) is -0.384. The van der Waals surface area contributed by atoms with Crippen molar-refractivity contribution in [3.05, 3.63) is 59.9 Å². The van der Waals surface area contributed by atoms with Crippen molar-refractivity contribution in [2.75, 3.05) is 18.0 Å². The number of H-pyrrole nitrogens is 1. The Kier molecular flexibility index (Phi) is 5.76. The fourth-order valence-corrected chi connectivity index (χ4v) is 4.38. The minimum atomic E-state index is -0.618. The SMILES string of the molecule is CCCc1cc(F)c(-c2cc3c(-c4ccc(N5CCC(O)CC5)nc4)n[nH]c3cn2)c(F)c1. The number of rotatable bonds is 5. The standard InChI is InChI=1S/C25H25F2N5O/c1-2-3-15-10-19(26)24(20(27)11-15)21-12-18-22(14-28-21)30-31-25(18)16-4-5-23(29-13-16)32-8-6-17(33)7-9-32/h4-5,10-14,17,33H,2-3,6-9H2,1H3,(H,30,31). The molecule has 170 valence electrons. The fraction of sp³-hybridized carbons (Fsp3) is 0.320. The summed E-state index contributed by atoms with van der Waals surface area (Å²) in [5.41, 5.74) is 2.83. The number of aliphatic hydroxyl groups excluding tert-OH is 1. The van der Waals surface area contributed by atoms with E-state index < -0.39 is 11.6 Å². The van der Waals surface area contributed by atoms with Gasteiger partial charge in [0.25, 0.3) is 0 Å². The van der Waals surface area contributed by atoms with E-state index in [4.69, 9.17) is 0 Å². The predicted molar refractivity (Wildman–Crippen MR) is 124 cm³/mol. The Labute approximate surface area is 190 Å². The number of piperidine rings is 1. The summed E-state index contributed by atoms with van der Waals surface area (Å²) in [6, 6.07) is 8.29. The third-order valence-corrected chi connectivity index (χ3v) is 6.15. The van der Waals surface area contributed by atoms with E-state index in [-0.39, 0.29) is 17.4 Å². The van der Waals surface area contributed by atoms with Gasteiger partial charge in [-0.25, -0.2) is 13.8 Å². The van der Waals surface area contributed by atoms with Crippen molar-refractivity contribution in [2.24, 2.45) is 0 Å². The average Bonchev–Trinajstić information content (AvgIpc) is 3.23. The lowest BCUT2D eigenvalue weighted by molar-refractivity contribution is 0.145. The van der Waals surface area contributed by atoms with Gasteiger partial charge in [0, 0.05) is 30.2 Å². The van der Waals surface area contributed by atoms with Crippen LogP contribution >= 0.6 is 0 Å². The molecule has 0 bridgehead atoms. The minimum absolute atomic E-state index is 0.135. The highest BCUT2D eigenvalue weighted by atomic mass is 19.1. The monoisotopic (exact) mass is 449 g/mol. The molecule has 0 saturated carbocycles. The first-order valence-electron chi connectivity index (χ1n) is 11.3. The summed E-state index contributed by atoms with van der Waals surface area (Å²) in [5, 5.41) is 17.8. The highest BCUT2D eigenvalue weighted by molar-refractivity contribution is 5.94. The normalized spacial score (nSPS) is 14.8. The molecule has 1 saturated heterocycles. The Hall–Kier alpha value is -3.39. The van der Waals surface area contributed by atoms with Gasteiger partial charge >= 0.3 is 0 Å². The predicted octanol–water partition coefficient (Wildman–Crippen LogP) is 4.88. The van der Waals surface area contributed by atoms with Crippen LogP contribution in [-0.4, -0.2) is 44.5 Å². The first-order chi connectivity index (χ1) is 16.0. The number of aliphatic hydroxyl groups is 1. The van der Waals surface area contributed by atoms with Crippen LogP contribution in [0.1, 0.15) is 31.7 Å². The molecule has 8 heteroatoms. The van der Waals surface area contributed by atoms with Gasteiger partial charge in [-0.2, -0.15) is 5.10 Å². The zero-order chi connectivity index (χ0) is 22.9. The van der Waals surface area contributed by atoms with Gasteiger partial charge in [0.15, 0.2) is 0 Å². The molecule has 0 amide bonds. The topological polar surface area (TPSA) is 77.9 Å². The maximum atomic E-state index is 14.8. The Morgan fingerprint density at radius 1 is 1.06 bits per heavy atom. The Morgan fingerprint density at radius 3 is 2.48 bits per heavy atom. The van der Waals surface area contributed by atoms with E-state index in [9.17, 15) is 13.9 Å². The van der Waals surface area contributed by atoms with Gasteiger partial charge in [-0.1, -0.05) is 13.3 Å². The molecule has 2 N–H and O–H groups in total. The van der Waals surface area contributed by atoms with Gasteiger partial charge in [-0.05, 0) is 55.2 Å². The van der Waals surface area contributed by atoms with E-state index in [0.29, 0.717) is 28.6 Å². The second-order valence-electron chi connectivity index (χ2n) is 8.50. The van der Waals surface area contributed by atoms with Gasteiger partial charge in [0.05, 0.1) is 29.1 Å². The van der Waals surface area contributed by atoms with Crippen LogP contribution in [0.2, 0.25) is 0 Å². The van der Waals surface area contributed by atoms with Crippen molar-refractivity contribution in [1.29, 1.82) is 0 Å². The lowest BCUT2D eigenvalue weighted by Gasteiger charge is -2.30. The van der Waals surface area contributed by atoms with E-state index in [1.165, 1.54) is 12.1 Å². The van der Waals surface area contributed by atoms with E-state index >= 15 is 0 Å². The van der Waals surface area contributed by atoms with Crippen molar-refractivity contribution < 1.29 is 13.9 Å². The zero-order valence-electron chi connectivity index (χ0n) is 18.4. The number of benzene rings is 1. The summed E-state index contributed by atoms with van der Waals surface area (Å²) < 4.78 is 29.6. The number of aromatic amines is 1. The number of hydrogen-bond donors (Lipinski definition) is 2. The number of pyridine rings is 2. The number of fused-ring (bicyclic) bond motifs is 1. The molecule has 3 aromatic heterocycles. The number of halogens is 2. The van der Waals surface area contributed by atoms with Crippen LogP contribution in [0.3, 0.4) is 0 Å². The summed E-state index contributed by atoms with van der Waals surface area (Å²) in [4.78, 5) is 11.0. The van der Waals surface area contributed by atoms with Crippen LogP contribution in [0.15, 0.2) is 42.7 Å². The van der Waals surface area contributed by atoms with Gasteiger partial charge < -0.3 is 10.0 Å². The van der Waals surface area contributed by atoms with E-state index in [2.05, 4.69) is 25.1 Å². The molecule has 1 fully saturated rings. The van der Waals surface area contributed by atoms with E-state index in [1.54, 1.807) is 18.5 Å². The largest absolute Gasteiger partial charge is 0.393 e. The van der Waals surface area contributed by atoms with Crippen LogP contribution in [0.4, 0.5) is 14.6 Å². The molecule has 6 nitrogen and oxygen atoms in total. The van der Waals surface area contributed by atoms with Gasteiger partial charge in [-0.3, -0.25) is 10.1 Å². The Bertz CT molecular complexity index is 1260. The highest BCUT2D eigenvalue weighted by Gasteiger charge is 2.20. The number of aryl methyl sites for hydroxylation is 1. The number of nitrogens with zero attached hydrogens (tertiary/aromatic N) is 4. The van der Waals surface area contributed by atoms with Crippen molar-refractivity contribution >= 4 is 16.7 Å². The van der Waals surface area contributed by atoms with Crippen molar-refractivity contribution in [3.8, 4) is 22.5 Å². The van der Waals surface area contributed by atoms with Crippen LogP contribution < -0.4 is 4.90 Å². The molecule has 33 heavy (non-hydrogen) atoms. The molecule has 4 aromatic rings. The third-order valence-electron chi connectivity index (χ3n) is 6.15. The third kappa shape index (κ3) is 4.18. The van der Waals surface area contributed by atoms with Crippen LogP contribution in [-0.2, 0) is 6.42 Å². The molecule has 5 rings (SSSR count). The first-order valence-corrected chi connectivity index (χ1v) is 11.3. The quantitative estimate of drug-likeness (QED) is 0.454. The molecule has 0 unspecified atom stereocenters. The summed E-state index contributed by atoms with van der Waals surface area (Å²) in [7, 11) is 0. The lowest BCUT2D eigenvalue weighted by atomic mass is 10.0. The van der Waals surface area contributed by atoms with Crippen molar-refractivity contribution in [2.45, 2.75) is 38.7 Å². The van der Waals surface area contributed by atoms with E-state index in [1.807, 2.05) is 19.1 Å². The van der Waals surface area contributed by atoms with Crippen LogP contribution in [0.25, 0.3) is 33.4 Å². The molecular formula is C25H25F2N5O. The molecular weight excluding hydrogens is 424 g/mol. The molecule has 0 atom stereocenters. The van der Waals surface area contributed by atoms with Gasteiger partial charge in [0.1, 0.15) is 23.1 Å². The number of nitrogens with one attached hydrogen (secondary N) is 1. The zero-order valence-corrected chi connectivity index (χ0v) is 18.4. The summed E-state index contributed by atoms with van der Waals surface area (Å²) in [6.07, 6.45) is 5.94. The molecule has 0 spiro atoms. The molecule has 1 aromatic carbocycles. The Balaban J connectivity index is 1.48. The number of aromatic nitrogens is 4. The summed E-state index contributed by atoms with van der Waals surface area (Å²) >= 11 is 0. The minimum Gasteiger partial charge on any atom is -0.393 e. The maximum Gasteiger partial charge on any atom is 0.135 e. The lowest BCUT2D eigenvalue weighted by Crippen LogP contribution is -2.36. The molecule has 1 aliphatic heterocycles. The molecule has 1 aliphatic rings.